The van der Waals surface area contributed by atoms with Gasteiger partial charge in [-0.1, -0.05) is 17.3 Å². The Morgan fingerprint density at radius 1 is 1.67 bits per heavy atom. The molecular formula is C10H11NO3S. The molecule has 1 heterocycles. The van der Waals surface area contributed by atoms with E-state index in [0.717, 1.165) is 0 Å². The van der Waals surface area contributed by atoms with Gasteiger partial charge in [-0.2, -0.15) is 0 Å². The molecule has 0 aliphatic carbocycles. The van der Waals surface area contributed by atoms with Gasteiger partial charge in [-0.15, -0.1) is 0 Å². The highest BCUT2D eigenvalue weighted by Gasteiger charge is 2.15. The van der Waals surface area contributed by atoms with Gasteiger partial charge in [0.25, 0.3) is 0 Å². The lowest BCUT2D eigenvalue weighted by molar-refractivity contribution is 0.0531. The number of aliphatic hydroxyl groups is 1. The third kappa shape index (κ3) is 3.05. The molecule has 0 unspecified atom stereocenters. The van der Waals surface area contributed by atoms with Crippen LogP contribution in [0.2, 0.25) is 0 Å². The maximum absolute atomic E-state index is 11.4. The van der Waals surface area contributed by atoms with Crippen molar-refractivity contribution in [3.63, 3.8) is 0 Å². The largest absolute Gasteiger partial charge is 0.462 e. The molecule has 1 rings (SSSR count). The van der Waals surface area contributed by atoms with Crippen LogP contribution in [0.3, 0.4) is 0 Å². The van der Waals surface area contributed by atoms with Crippen molar-refractivity contribution in [3.05, 3.63) is 15.6 Å². The zero-order chi connectivity index (χ0) is 11.3. The monoisotopic (exact) mass is 225 g/mol. The first-order chi connectivity index (χ1) is 7.19. The minimum Gasteiger partial charge on any atom is -0.462 e. The number of ether oxygens (including phenoxy) is 1. The predicted octanol–water partition coefficient (Wildman–Crippen LogP) is 0.972. The molecule has 0 aliphatic heterocycles. The molecule has 0 saturated heterocycles. The van der Waals surface area contributed by atoms with Crippen molar-refractivity contribution in [3.8, 4) is 11.8 Å². The van der Waals surface area contributed by atoms with Gasteiger partial charge >= 0.3 is 5.97 Å². The van der Waals surface area contributed by atoms with Gasteiger partial charge in [-0.25, -0.2) is 9.78 Å². The van der Waals surface area contributed by atoms with E-state index in [2.05, 4.69) is 16.8 Å². The lowest BCUT2D eigenvalue weighted by Gasteiger charge is -1.97. The van der Waals surface area contributed by atoms with Crippen molar-refractivity contribution < 1.29 is 14.6 Å². The van der Waals surface area contributed by atoms with Crippen LogP contribution in [0.1, 0.15) is 27.3 Å². The van der Waals surface area contributed by atoms with Crippen LogP contribution in [-0.4, -0.2) is 29.3 Å². The van der Waals surface area contributed by atoms with E-state index in [1.54, 1.807) is 13.8 Å². The van der Waals surface area contributed by atoms with Gasteiger partial charge in [-0.05, 0) is 19.8 Å². The van der Waals surface area contributed by atoms with Crippen LogP contribution >= 0.6 is 11.3 Å². The van der Waals surface area contributed by atoms with Crippen molar-refractivity contribution in [2.45, 2.75) is 13.8 Å². The molecule has 15 heavy (non-hydrogen) atoms. The Hall–Kier alpha value is -1.38. The van der Waals surface area contributed by atoms with Gasteiger partial charge < -0.3 is 9.84 Å². The van der Waals surface area contributed by atoms with E-state index in [0.29, 0.717) is 22.2 Å². The maximum Gasteiger partial charge on any atom is 0.350 e. The van der Waals surface area contributed by atoms with Crippen LogP contribution in [0.25, 0.3) is 0 Å². The number of aliphatic hydroxyl groups excluding tert-OH is 1. The minimum absolute atomic E-state index is 0.215. The number of hydrogen-bond acceptors (Lipinski definition) is 5. The number of aromatic nitrogens is 1. The highest BCUT2D eigenvalue weighted by molar-refractivity contribution is 7.14. The lowest BCUT2D eigenvalue weighted by atomic mass is 10.4. The summed E-state index contributed by atoms with van der Waals surface area (Å²) in [5.41, 5.74) is 0.612. The second kappa shape index (κ2) is 5.49. The summed E-state index contributed by atoms with van der Waals surface area (Å²) in [5.74, 6) is 4.76. The van der Waals surface area contributed by atoms with Crippen molar-refractivity contribution in [1.29, 1.82) is 0 Å². The fourth-order valence-corrected chi connectivity index (χ4v) is 1.79. The molecule has 0 radical (unpaired) electrons. The number of carbonyl (C=O) groups is 1. The topological polar surface area (TPSA) is 59.4 Å². The molecule has 80 valence electrons. The Bertz CT molecular complexity index is 414. The molecule has 0 atom stereocenters. The summed E-state index contributed by atoms with van der Waals surface area (Å²) < 4.78 is 4.86. The smallest absolute Gasteiger partial charge is 0.350 e. The Morgan fingerprint density at radius 2 is 2.40 bits per heavy atom. The van der Waals surface area contributed by atoms with E-state index in [1.165, 1.54) is 11.3 Å². The Balaban J connectivity index is 2.91. The van der Waals surface area contributed by atoms with Crippen LogP contribution in [0.5, 0.6) is 0 Å². The number of thiazole rings is 1. The summed E-state index contributed by atoms with van der Waals surface area (Å²) in [5, 5.41) is 9.03. The molecule has 0 amide bonds. The second-order valence-electron chi connectivity index (χ2n) is 2.61. The van der Waals surface area contributed by atoms with Crippen LogP contribution in [-0.2, 0) is 4.74 Å². The van der Waals surface area contributed by atoms with Crippen molar-refractivity contribution >= 4 is 17.3 Å². The third-order valence-electron chi connectivity index (χ3n) is 1.53. The van der Waals surface area contributed by atoms with Gasteiger partial charge in [0, 0.05) is 0 Å². The summed E-state index contributed by atoms with van der Waals surface area (Å²) in [4.78, 5) is 16.0. The molecule has 0 fully saturated rings. The van der Waals surface area contributed by atoms with Crippen molar-refractivity contribution in [1.82, 2.24) is 4.98 Å². The Kier molecular flexibility index (Phi) is 4.28. The standard InChI is InChI=1S/C10H11NO3S/c1-3-14-10(13)9-7(2)11-8(15-9)5-4-6-12/h12H,3,6H2,1-2H3. The maximum atomic E-state index is 11.4. The first-order valence-electron chi connectivity index (χ1n) is 4.43. The molecule has 0 spiro atoms. The second-order valence-corrected chi connectivity index (χ2v) is 3.61. The highest BCUT2D eigenvalue weighted by Crippen LogP contribution is 2.18. The van der Waals surface area contributed by atoms with Gasteiger partial charge in [0.05, 0.1) is 12.3 Å². The molecular weight excluding hydrogens is 214 g/mol. The lowest BCUT2D eigenvalue weighted by Crippen LogP contribution is -2.03. The number of nitrogens with zero attached hydrogens (tertiary/aromatic N) is 1. The number of carbonyl (C=O) groups excluding carboxylic acids is 1. The summed E-state index contributed by atoms with van der Waals surface area (Å²) in [6.45, 7) is 3.61. The van der Waals surface area contributed by atoms with E-state index >= 15 is 0 Å². The number of rotatable bonds is 2. The average molecular weight is 225 g/mol. The number of aryl methyl sites for hydroxylation is 1. The summed E-state index contributed by atoms with van der Waals surface area (Å²) >= 11 is 1.18. The molecule has 0 bridgehead atoms. The molecule has 0 aliphatic rings. The molecule has 0 aromatic carbocycles. The van der Waals surface area contributed by atoms with Crippen molar-refractivity contribution in [2.75, 3.05) is 13.2 Å². The molecule has 5 heteroatoms. The number of esters is 1. The van der Waals surface area contributed by atoms with Crippen molar-refractivity contribution in [2.24, 2.45) is 0 Å². The normalized spacial score (nSPS) is 9.27. The average Bonchev–Trinajstić information content (AvgIpc) is 2.57. The van der Waals surface area contributed by atoms with Crippen LogP contribution in [0.4, 0.5) is 0 Å². The minimum atomic E-state index is -0.371. The van der Waals surface area contributed by atoms with Crippen LogP contribution in [0.15, 0.2) is 0 Å². The van der Waals surface area contributed by atoms with E-state index < -0.39 is 0 Å². The summed E-state index contributed by atoms with van der Waals surface area (Å²) in [6, 6.07) is 0. The fourth-order valence-electron chi connectivity index (χ4n) is 0.951. The van der Waals surface area contributed by atoms with Gasteiger partial charge in [0.15, 0.2) is 5.01 Å². The first-order valence-corrected chi connectivity index (χ1v) is 5.25. The molecule has 1 aromatic rings. The van der Waals surface area contributed by atoms with E-state index in [-0.39, 0.29) is 12.6 Å². The molecule has 1 N–H and O–H groups in total. The van der Waals surface area contributed by atoms with Gasteiger partial charge in [-0.3, -0.25) is 0 Å². The Labute approximate surface area is 91.9 Å². The van der Waals surface area contributed by atoms with E-state index in [1.807, 2.05) is 0 Å². The fraction of sp³-hybridized carbons (Fsp3) is 0.400. The third-order valence-corrected chi connectivity index (χ3v) is 2.58. The molecule has 4 nitrogen and oxygen atoms in total. The van der Waals surface area contributed by atoms with Crippen LogP contribution < -0.4 is 0 Å². The van der Waals surface area contributed by atoms with Gasteiger partial charge in [0.2, 0.25) is 0 Å². The SMILES string of the molecule is CCOC(=O)c1sc(C#CCO)nc1C. The number of hydrogen-bond donors (Lipinski definition) is 1. The molecule has 1 aromatic heterocycles. The summed E-state index contributed by atoms with van der Waals surface area (Å²) in [6.07, 6.45) is 0. The van der Waals surface area contributed by atoms with E-state index in [9.17, 15) is 4.79 Å². The quantitative estimate of drug-likeness (QED) is 0.602. The molecule has 0 saturated carbocycles. The zero-order valence-corrected chi connectivity index (χ0v) is 9.35. The zero-order valence-electron chi connectivity index (χ0n) is 8.53. The highest BCUT2D eigenvalue weighted by atomic mass is 32.1. The van der Waals surface area contributed by atoms with Gasteiger partial charge in [0.1, 0.15) is 11.5 Å². The first kappa shape index (κ1) is 11.7. The van der Waals surface area contributed by atoms with E-state index in [4.69, 9.17) is 9.84 Å². The van der Waals surface area contributed by atoms with Crippen LogP contribution in [0, 0.1) is 18.8 Å². The predicted molar refractivity (Wildman–Crippen MR) is 56.8 cm³/mol. The Morgan fingerprint density at radius 3 is 3.00 bits per heavy atom. The summed E-state index contributed by atoms with van der Waals surface area (Å²) in [7, 11) is 0.